The van der Waals surface area contributed by atoms with Gasteiger partial charge in [-0.3, -0.25) is 4.79 Å². The molecule has 3 rings (SSSR count). The highest BCUT2D eigenvalue weighted by atomic mass is 35.5. The molecule has 1 aromatic carbocycles. The van der Waals surface area contributed by atoms with Gasteiger partial charge in [0.15, 0.2) is 0 Å². The molecule has 0 radical (unpaired) electrons. The van der Waals surface area contributed by atoms with Crippen LogP contribution in [0.2, 0.25) is 5.02 Å². The van der Waals surface area contributed by atoms with Crippen LogP contribution >= 0.6 is 11.6 Å². The summed E-state index contributed by atoms with van der Waals surface area (Å²) >= 11 is 5.87. The molecule has 0 aliphatic carbocycles. The van der Waals surface area contributed by atoms with Gasteiger partial charge in [0.2, 0.25) is 10.0 Å². The molecular formula is C18H20ClN3O3S. The number of nitrogens with one attached hydrogen (secondary N) is 1. The number of hydrogen-bond acceptors (Lipinski definition) is 4. The van der Waals surface area contributed by atoms with Crippen LogP contribution in [0.5, 0.6) is 0 Å². The maximum atomic E-state index is 12.8. The number of carbonyl (C=O) groups excluding carboxylic acids is 1. The minimum absolute atomic E-state index is 0.00868. The zero-order valence-electron chi connectivity index (χ0n) is 14.4. The van der Waals surface area contributed by atoms with E-state index in [1.165, 1.54) is 36.5 Å². The van der Waals surface area contributed by atoms with E-state index in [1.54, 1.807) is 10.4 Å². The van der Waals surface area contributed by atoms with Crippen molar-refractivity contribution in [2.24, 2.45) is 0 Å². The molecule has 0 bridgehead atoms. The van der Waals surface area contributed by atoms with Crippen LogP contribution in [0, 0.1) is 0 Å². The minimum atomic E-state index is -3.55. The third-order valence-corrected chi connectivity index (χ3v) is 6.69. The fourth-order valence-corrected chi connectivity index (χ4v) is 4.86. The number of sulfonamides is 1. The fraction of sp³-hybridized carbons (Fsp3) is 0.333. The molecule has 1 unspecified atom stereocenters. The van der Waals surface area contributed by atoms with Crippen molar-refractivity contribution in [3.05, 3.63) is 53.2 Å². The Labute approximate surface area is 158 Å². The molecule has 1 aliphatic rings. The maximum Gasteiger partial charge on any atom is 0.256 e. The number of carbonyl (C=O) groups is 1. The van der Waals surface area contributed by atoms with Crippen molar-refractivity contribution in [1.29, 1.82) is 0 Å². The van der Waals surface area contributed by atoms with E-state index in [0.29, 0.717) is 22.9 Å². The number of halogens is 1. The molecule has 6 nitrogen and oxygen atoms in total. The molecule has 2 heterocycles. The van der Waals surface area contributed by atoms with Crippen LogP contribution in [-0.2, 0) is 10.0 Å². The van der Waals surface area contributed by atoms with Gasteiger partial charge in [-0.15, -0.1) is 0 Å². The van der Waals surface area contributed by atoms with Crippen LogP contribution in [0.1, 0.15) is 36.5 Å². The Hall–Kier alpha value is -1.96. The molecule has 1 atom stereocenters. The summed E-state index contributed by atoms with van der Waals surface area (Å²) in [6, 6.07) is 9.08. The van der Waals surface area contributed by atoms with Gasteiger partial charge in [-0.05, 0) is 56.2 Å². The van der Waals surface area contributed by atoms with Crippen molar-refractivity contribution >= 4 is 33.3 Å². The van der Waals surface area contributed by atoms with E-state index in [0.717, 1.165) is 19.3 Å². The van der Waals surface area contributed by atoms with Crippen molar-refractivity contribution in [2.45, 2.75) is 37.1 Å². The molecule has 8 heteroatoms. The Morgan fingerprint density at radius 1 is 1.23 bits per heavy atom. The number of aromatic nitrogens is 1. The van der Waals surface area contributed by atoms with Gasteiger partial charge in [-0.1, -0.05) is 18.0 Å². The van der Waals surface area contributed by atoms with Gasteiger partial charge in [0.25, 0.3) is 5.91 Å². The van der Waals surface area contributed by atoms with Crippen molar-refractivity contribution in [3.63, 3.8) is 0 Å². The van der Waals surface area contributed by atoms with Crippen molar-refractivity contribution in [1.82, 2.24) is 9.29 Å². The first-order valence-corrected chi connectivity index (χ1v) is 10.2. The standard InChI is InChI=1S/C18H20ClN3O3S/c1-13-4-2-3-11-22(13)26(24,25)16-7-5-14(6-8-16)18(23)21-17-12-15(19)9-10-20-17/h5-10,12-13H,2-4,11H2,1H3,(H,20,21,23). The first-order chi connectivity index (χ1) is 12.4. The third kappa shape index (κ3) is 4.06. The molecule has 1 saturated heterocycles. The predicted octanol–water partition coefficient (Wildman–Crippen LogP) is 3.55. The van der Waals surface area contributed by atoms with Crippen molar-refractivity contribution < 1.29 is 13.2 Å². The number of rotatable bonds is 4. The molecule has 0 saturated carbocycles. The van der Waals surface area contributed by atoms with Crippen LogP contribution in [0.25, 0.3) is 0 Å². The lowest BCUT2D eigenvalue weighted by Gasteiger charge is -2.32. The molecule has 1 aliphatic heterocycles. The molecule has 2 aromatic rings. The Morgan fingerprint density at radius 3 is 2.62 bits per heavy atom. The molecule has 0 spiro atoms. The van der Waals surface area contributed by atoms with Crippen LogP contribution in [-0.4, -0.2) is 36.2 Å². The second kappa shape index (κ2) is 7.73. The van der Waals surface area contributed by atoms with Gasteiger partial charge in [0.05, 0.1) is 4.90 Å². The van der Waals surface area contributed by atoms with Gasteiger partial charge < -0.3 is 5.32 Å². The lowest BCUT2D eigenvalue weighted by Crippen LogP contribution is -2.41. The smallest absolute Gasteiger partial charge is 0.256 e. The van der Waals surface area contributed by atoms with E-state index in [4.69, 9.17) is 11.6 Å². The van der Waals surface area contributed by atoms with Gasteiger partial charge >= 0.3 is 0 Å². The molecule has 1 aromatic heterocycles. The third-order valence-electron chi connectivity index (χ3n) is 4.43. The Balaban J connectivity index is 1.76. The number of hydrogen-bond donors (Lipinski definition) is 1. The highest BCUT2D eigenvalue weighted by Crippen LogP contribution is 2.25. The summed E-state index contributed by atoms with van der Waals surface area (Å²) in [5.74, 6) is -0.0450. The molecule has 26 heavy (non-hydrogen) atoms. The number of anilines is 1. The van der Waals surface area contributed by atoms with E-state index in [-0.39, 0.29) is 16.8 Å². The second-order valence-electron chi connectivity index (χ2n) is 6.30. The van der Waals surface area contributed by atoms with Gasteiger partial charge in [-0.25, -0.2) is 13.4 Å². The fourth-order valence-electron chi connectivity index (χ4n) is 3.00. The van der Waals surface area contributed by atoms with Crippen LogP contribution < -0.4 is 5.32 Å². The van der Waals surface area contributed by atoms with E-state index in [9.17, 15) is 13.2 Å². The number of amides is 1. The molecule has 138 valence electrons. The Bertz CT molecular complexity index is 900. The summed E-state index contributed by atoms with van der Waals surface area (Å²) in [7, 11) is -3.55. The first-order valence-electron chi connectivity index (χ1n) is 8.43. The van der Waals surface area contributed by atoms with Crippen molar-refractivity contribution in [2.75, 3.05) is 11.9 Å². The maximum absolute atomic E-state index is 12.8. The summed E-state index contributed by atoms with van der Waals surface area (Å²) < 4.78 is 27.2. The van der Waals surface area contributed by atoms with Gasteiger partial charge in [-0.2, -0.15) is 4.31 Å². The molecule has 1 N–H and O–H groups in total. The summed E-state index contributed by atoms with van der Waals surface area (Å²) in [6.45, 7) is 2.46. The molecule has 1 amide bonds. The number of pyridine rings is 1. The van der Waals surface area contributed by atoms with E-state index in [1.807, 2.05) is 6.92 Å². The second-order valence-corrected chi connectivity index (χ2v) is 8.63. The van der Waals surface area contributed by atoms with Gasteiger partial charge in [0, 0.05) is 29.4 Å². The average Bonchev–Trinajstić information content (AvgIpc) is 2.62. The predicted molar refractivity (Wildman–Crippen MR) is 101 cm³/mol. The van der Waals surface area contributed by atoms with Gasteiger partial charge in [0.1, 0.15) is 5.82 Å². The summed E-state index contributed by atoms with van der Waals surface area (Å²) in [6.07, 6.45) is 4.28. The van der Waals surface area contributed by atoms with E-state index in [2.05, 4.69) is 10.3 Å². The van der Waals surface area contributed by atoms with Crippen LogP contribution in [0.15, 0.2) is 47.5 Å². The molecular weight excluding hydrogens is 374 g/mol. The highest BCUT2D eigenvalue weighted by molar-refractivity contribution is 7.89. The summed E-state index contributed by atoms with van der Waals surface area (Å²) in [5, 5.41) is 3.10. The van der Waals surface area contributed by atoms with E-state index < -0.39 is 10.0 Å². The monoisotopic (exact) mass is 393 g/mol. The zero-order valence-corrected chi connectivity index (χ0v) is 15.9. The highest BCUT2D eigenvalue weighted by Gasteiger charge is 2.30. The Kier molecular flexibility index (Phi) is 5.60. The Morgan fingerprint density at radius 2 is 1.96 bits per heavy atom. The minimum Gasteiger partial charge on any atom is -0.307 e. The quantitative estimate of drug-likeness (QED) is 0.861. The topological polar surface area (TPSA) is 79.4 Å². The average molecular weight is 394 g/mol. The lowest BCUT2D eigenvalue weighted by atomic mass is 10.1. The van der Waals surface area contributed by atoms with Crippen LogP contribution in [0.4, 0.5) is 5.82 Å². The zero-order chi connectivity index (χ0) is 18.7. The number of piperidine rings is 1. The van der Waals surface area contributed by atoms with E-state index >= 15 is 0 Å². The molecule has 1 fully saturated rings. The van der Waals surface area contributed by atoms with Crippen LogP contribution in [0.3, 0.4) is 0 Å². The SMILES string of the molecule is CC1CCCCN1S(=O)(=O)c1ccc(C(=O)Nc2cc(Cl)ccn2)cc1. The lowest BCUT2D eigenvalue weighted by molar-refractivity contribution is 0.102. The van der Waals surface area contributed by atoms with Crippen molar-refractivity contribution in [3.8, 4) is 0 Å². The number of benzene rings is 1. The summed E-state index contributed by atoms with van der Waals surface area (Å²) in [5.41, 5.74) is 0.345. The normalized spacial score (nSPS) is 18.5. The first kappa shape index (κ1) is 18.8. The largest absolute Gasteiger partial charge is 0.307 e. The summed E-state index contributed by atoms with van der Waals surface area (Å²) in [4.78, 5) is 16.5. The number of nitrogens with zero attached hydrogens (tertiary/aromatic N) is 2.